The summed E-state index contributed by atoms with van der Waals surface area (Å²) in [5.41, 5.74) is 0.957. The van der Waals surface area contributed by atoms with E-state index in [1.807, 2.05) is 24.3 Å². The first-order valence-corrected chi connectivity index (χ1v) is 9.32. The third kappa shape index (κ3) is 3.19. The molecule has 7 heteroatoms. The van der Waals surface area contributed by atoms with Crippen LogP contribution in [0.1, 0.15) is 36.1 Å². The fraction of sp³-hybridized carbons (Fsp3) is 0.400. The molecule has 3 rings (SSSR count). The molecule has 0 amide bonds. The van der Waals surface area contributed by atoms with E-state index >= 15 is 0 Å². The Morgan fingerprint density at radius 2 is 2.18 bits per heavy atom. The lowest BCUT2D eigenvalue weighted by Gasteiger charge is -2.19. The van der Waals surface area contributed by atoms with E-state index in [0.717, 1.165) is 18.4 Å². The van der Waals surface area contributed by atoms with Gasteiger partial charge in [-0.15, -0.1) is 0 Å². The van der Waals surface area contributed by atoms with Crippen LogP contribution in [0.5, 0.6) is 0 Å². The first kappa shape index (κ1) is 15.5. The molecule has 118 valence electrons. The van der Waals surface area contributed by atoms with Crippen molar-refractivity contribution in [3.05, 3.63) is 52.7 Å². The van der Waals surface area contributed by atoms with Crippen LogP contribution >= 0.6 is 11.6 Å². The second-order valence-electron chi connectivity index (χ2n) is 5.46. The van der Waals surface area contributed by atoms with E-state index < -0.39 is 10.0 Å². The second kappa shape index (κ2) is 6.02. The normalized spacial score (nSPS) is 19.6. The number of sulfonamides is 1. The molecule has 1 saturated heterocycles. The fourth-order valence-corrected chi connectivity index (χ4v) is 4.09. The molecule has 1 aliphatic heterocycles. The first-order chi connectivity index (χ1) is 10.4. The topological polar surface area (TPSA) is 63.4 Å². The van der Waals surface area contributed by atoms with Crippen LogP contribution in [0, 0.1) is 0 Å². The van der Waals surface area contributed by atoms with Gasteiger partial charge in [0.1, 0.15) is 11.8 Å². The third-order valence-electron chi connectivity index (χ3n) is 3.81. The van der Waals surface area contributed by atoms with Gasteiger partial charge in [0.25, 0.3) is 0 Å². The number of hydrogen-bond acceptors (Lipinski definition) is 4. The second-order valence-corrected chi connectivity index (χ2v) is 7.81. The zero-order chi connectivity index (χ0) is 15.7. The van der Waals surface area contributed by atoms with E-state index in [1.54, 1.807) is 6.20 Å². The molecular formula is C15H17ClN2O3S. The zero-order valence-electron chi connectivity index (χ0n) is 12.2. The minimum atomic E-state index is -3.24. The lowest BCUT2D eigenvalue weighted by molar-refractivity contribution is 0.323. The highest BCUT2D eigenvalue weighted by atomic mass is 35.5. The Morgan fingerprint density at radius 1 is 1.41 bits per heavy atom. The third-order valence-corrected chi connectivity index (χ3v) is 5.47. The summed E-state index contributed by atoms with van der Waals surface area (Å²) in [6, 6.07) is 7.26. The van der Waals surface area contributed by atoms with Crippen molar-refractivity contribution in [1.29, 1.82) is 0 Å². The van der Waals surface area contributed by atoms with Gasteiger partial charge in [0.2, 0.25) is 15.9 Å². The van der Waals surface area contributed by atoms with Crippen molar-refractivity contribution in [2.24, 2.45) is 0 Å². The minimum Gasteiger partial charge on any atom is -0.444 e. The summed E-state index contributed by atoms with van der Waals surface area (Å²) in [5, 5.41) is 0.680. The maximum absolute atomic E-state index is 11.8. The maximum Gasteiger partial charge on any atom is 0.212 e. The molecule has 1 aliphatic rings. The van der Waals surface area contributed by atoms with E-state index in [9.17, 15) is 8.42 Å². The van der Waals surface area contributed by atoms with Gasteiger partial charge >= 0.3 is 0 Å². The van der Waals surface area contributed by atoms with Gasteiger partial charge in [-0.3, -0.25) is 0 Å². The number of oxazole rings is 1. The minimum absolute atomic E-state index is 0.296. The van der Waals surface area contributed by atoms with Crippen molar-refractivity contribution in [2.45, 2.75) is 25.3 Å². The van der Waals surface area contributed by atoms with E-state index in [4.69, 9.17) is 16.0 Å². The average molecular weight is 341 g/mol. The van der Waals surface area contributed by atoms with Crippen molar-refractivity contribution < 1.29 is 12.8 Å². The number of nitrogens with zero attached hydrogens (tertiary/aromatic N) is 2. The van der Waals surface area contributed by atoms with E-state index in [1.165, 1.54) is 10.6 Å². The maximum atomic E-state index is 11.8. The van der Waals surface area contributed by atoms with Gasteiger partial charge in [-0.2, -0.15) is 4.31 Å². The number of halogens is 1. The van der Waals surface area contributed by atoms with Crippen molar-refractivity contribution in [3.63, 3.8) is 0 Å². The van der Waals surface area contributed by atoms with Crippen LogP contribution in [-0.2, 0) is 16.4 Å². The summed E-state index contributed by atoms with van der Waals surface area (Å²) >= 11 is 6.14. The van der Waals surface area contributed by atoms with Crippen LogP contribution in [-0.4, -0.2) is 30.5 Å². The van der Waals surface area contributed by atoms with Crippen molar-refractivity contribution in [3.8, 4) is 0 Å². The molecular weight excluding hydrogens is 324 g/mol. The van der Waals surface area contributed by atoms with Crippen LogP contribution in [0.2, 0.25) is 5.02 Å². The smallest absolute Gasteiger partial charge is 0.212 e. The van der Waals surface area contributed by atoms with Gasteiger partial charge in [0.05, 0.1) is 12.5 Å². The molecule has 1 atom stereocenters. The summed E-state index contributed by atoms with van der Waals surface area (Å²) in [7, 11) is -3.24. The number of aromatic nitrogens is 1. The monoisotopic (exact) mass is 340 g/mol. The summed E-state index contributed by atoms with van der Waals surface area (Å²) in [6.07, 6.45) is 4.97. The molecule has 0 bridgehead atoms. The molecule has 1 aromatic heterocycles. The Hall–Kier alpha value is -1.37. The van der Waals surface area contributed by atoms with Gasteiger partial charge in [0, 0.05) is 18.0 Å². The predicted molar refractivity (Wildman–Crippen MR) is 84.3 cm³/mol. The fourth-order valence-electron chi connectivity index (χ4n) is 2.77. The summed E-state index contributed by atoms with van der Waals surface area (Å²) in [4.78, 5) is 4.27. The molecule has 0 aliphatic carbocycles. The van der Waals surface area contributed by atoms with Crippen molar-refractivity contribution in [1.82, 2.24) is 9.29 Å². The molecule has 0 unspecified atom stereocenters. The summed E-state index contributed by atoms with van der Waals surface area (Å²) in [5.74, 6) is 1.15. The summed E-state index contributed by atoms with van der Waals surface area (Å²) < 4.78 is 30.8. The molecule has 1 fully saturated rings. The van der Waals surface area contributed by atoms with Crippen LogP contribution in [0.3, 0.4) is 0 Å². The Kier molecular flexibility index (Phi) is 4.25. The molecule has 2 heterocycles. The van der Waals surface area contributed by atoms with Crippen molar-refractivity contribution in [2.75, 3.05) is 12.8 Å². The molecule has 0 N–H and O–H groups in total. The highest BCUT2D eigenvalue weighted by molar-refractivity contribution is 7.88. The Labute approximate surface area is 135 Å². The van der Waals surface area contributed by atoms with E-state index in [0.29, 0.717) is 29.6 Å². The molecule has 22 heavy (non-hydrogen) atoms. The first-order valence-electron chi connectivity index (χ1n) is 7.10. The Balaban J connectivity index is 1.81. The quantitative estimate of drug-likeness (QED) is 0.858. The number of rotatable bonds is 4. The Bertz CT molecular complexity index is 773. The molecule has 0 spiro atoms. The lowest BCUT2D eigenvalue weighted by atomic mass is 10.1. The average Bonchev–Trinajstić information content (AvgIpc) is 3.09. The number of hydrogen-bond donors (Lipinski definition) is 0. The van der Waals surface area contributed by atoms with Gasteiger partial charge < -0.3 is 4.42 Å². The molecule has 1 aromatic carbocycles. The van der Waals surface area contributed by atoms with Crippen LogP contribution in [0.15, 0.2) is 34.9 Å². The standard InChI is InChI=1S/C15H17ClN2O3S/c1-22(19,20)18-8-4-7-14(18)15-17-10-12(21-15)9-11-5-2-3-6-13(11)16/h2-3,5-6,10,14H,4,7-9H2,1H3/t14-/m1/s1. The van der Waals surface area contributed by atoms with Gasteiger partial charge in [0.15, 0.2) is 0 Å². The SMILES string of the molecule is CS(=O)(=O)N1CCC[C@@H]1c1ncc(Cc2ccccc2Cl)o1. The number of benzene rings is 1. The molecule has 2 aromatic rings. The van der Waals surface area contributed by atoms with Crippen LogP contribution in [0.4, 0.5) is 0 Å². The Morgan fingerprint density at radius 3 is 2.91 bits per heavy atom. The van der Waals surface area contributed by atoms with Crippen LogP contribution < -0.4 is 0 Å². The van der Waals surface area contributed by atoms with Gasteiger partial charge in [-0.05, 0) is 24.5 Å². The molecule has 0 saturated carbocycles. The molecule has 5 nitrogen and oxygen atoms in total. The highest BCUT2D eigenvalue weighted by Crippen LogP contribution is 2.33. The summed E-state index contributed by atoms with van der Waals surface area (Å²) in [6.45, 7) is 0.520. The van der Waals surface area contributed by atoms with Crippen LogP contribution in [0.25, 0.3) is 0 Å². The van der Waals surface area contributed by atoms with Crippen molar-refractivity contribution >= 4 is 21.6 Å². The zero-order valence-corrected chi connectivity index (χ0v) is 13.8. The predicted octanol–water partition coefficient (Wildman–Crippen LogP) is 3.02. The van der Waals surface area contributed by atoms with Gasteiger partial charge in [-0.25, -0.2) is 13.4 Å². The van der Waals surface area contributed by atoms with E-state index in [2.05, 4.69) is 4.98 Å². The van der Waals surface area contributed by atoms with E-state index in [-0.39, 0.29) is 6.04 Å². The van der Waals surface area contributed by atoms with Gasteiger partial charge in [-0.1, -0.05) is 29.8 Å². The highest BCUT2D eigenvalue weighted by Gasteiger charge is 2.35. The lowest BCUT2D eigenvalue weighted by Crippen LogP contribution is -2.29. The molecule has 0 radical (unpaired) electrons. The largest absolute Gasteiger partial charge is 0.444 e.